The summed E-state index contributed by atoms with van der Waals surface area (Å²) in [4.78, 5) is 4.13. The molecule has 0 aliphatic rings. The normalized spacial score (nSPS) is 9.85. The Balaban J connectivity index is 2.48. The molecule has 0 radical (unpaired) electrons. The maximum atomic E-state index is 5.57. The number of pyridine rings is 1. The first-order valence-corrected chi connectivity index (χ1v) is 3.86. The van der Waals surface area contributed by atoms with Crippen molar-refractivity contribution in [1.29, 1.82) is 0 Å². The van der Waals surface area contributed by atoms with Gasteiger partial charge in [0.2, 0.25) is 0 Å². The summed E-state index contributed by atoms with van der Waals surface area (Å²) in [5.41, 5.74) is 7.63. The molecule has 0 unspecified atom stereocenters. The number of hydrogen-bond acceptors (Lipinski definition) is 4. The van der Waals surface area contributed by atoms with Crippen LogP contribution in [-0.2, 0) is 0 Å². The number of nitrogens with two attached hydrogens (primary N) is 1. The molecule has 2 aromatic heterocycles. The Morgan fingerprint density at radius 2 is 2.08 bits per heavy atom. The molecule has 0 bridgehead atoms. The molecule has 64 valence electrons. The van der Waals surface area contributed by atoms with Gasteiger partial charge in [-0.25, -0.2) is 0 Å². The van der Waals surface area contributed by atoms with E-state index in [4.69, 9.17) is 5.73 Å². The van der Waals surface area contributed by atoms with E-state index in [-0.39, 0.29) is 0 Å². The summed E-state index contributed by atoms with van der Waals surface area (Å²) in [7, 11) is 0. The number of hydrogen-bond donors (Lipinski definition) is 1. The van der Waals surface area contributed by atoms with Crippen LogP contribution in [0.3, 0.4) is 0 Å². The monoisotopic (exact) mass is 172 g/mol. The first kappa shape index (κ1) is 7.67. The minimum absolute atomic E-state index is 0.593. The highest BCUT2D eigenvalue weighted by Gasteiger charge is 1.99. The quantitative estimate of drug-likeness (QED) is 0.700. The summed E-state index contributed by atoms with van der Waals surface area (Å²) in [5.74, 6) is 0. The number of rotatable bonds is 1. The zero-order valence-electron chi connectivity index (χ0n) is 6.88. The van der Waals surface area contributed by atoms with Crippen molar-refractivity contribution in [3.63, 3.8) is 0 Å². The maximum absolute atomic E-state index is 5.57. The van der Waals surface area contributed by atoms with Crippen LogP contribution in [0.15, 0.2) is 36.7 Å². The lowest BCUT2D eigenvalue weighted by molar-refractivity contribution is 1.03. The lowest BCUT2D eigenvalue weighted by Gasteiger charge is -1.97. The van der Waals surface area contributed by atoms with E-state index in [9.17, 15) is 0 Å². The maximum Gasteiger partial charge on any atom is 0.113 e. The van der Waals surface area contributed by atoms with E-state index in [1.165, 1.54) is 6.20 Å². The van der Waals surface area contributed by atoms with Crippen molar-refractivity contribution in [3.05, 3.63) is 36.7 Å². The molecule has 4 nitrogen and oxygen atoms in total. The summed E-state index contributed by atoms with van der Waals surface area (Å²) in [6.07, 6.45) is 3.21. The van der Waals surface area contributed by atoms with E-state index >= 15 is 0 Å². The van der Waals surface area contributed by atoms with Crippen LogP contribution in [0.5, 0.6) is 0 Å². The highest BCUT2D eigenvalue weighted by molar-refractivity contribution is 5.57. The predicted molar refractivity (Wildman–Crippen MR) is 49.7 cm³/mol. The van der Waals surface area contributed by atoms with Crippen LogP contribution >= 0.6 is 0 Å². The number of nitrogen functional groups attached to an aromatic ring is 1. The predicted octanol–water partition coefficient (Wildman–Crippen LogP) is 1.12. The van der Waals surface area contributed by atoms with Gasteiger partial charge < -0.3 is 5.73 Å². The first-order chi connectivity index (χ1) is 6.36. The van der Waals surface area contributed by atoms with Gasteiger partial charge in [-0.1, -0.05) is 6.07 Å². The molecule has 0 saturated carbocycles. The van der Waals surface area contributed by atoms with E-state index in [2.05, 4.69) is 15.2 Å². The third-order valence-electron chi connectivity index (χ3n) is 1.60. The molecule has 0 aromatic carbocycles. The molecule has 0 aliphatic heterocycles. The minimum atomic E-state index is 0.593. The second-order valence-corrected chi connectivity index (χ2v) is 2.59. The fourth-order valence-electron chi connectivity index (χ4n) is 1.02. The van der Waals surface area contributed by atoms with Gasteiger partial charge in [-0.15, -0.1) is 5.10 Å². The van der Waals surface area contributed by atoms with Crippen molar-refractivity contribution in [2.24, 2.45) is 0 Å². The van der Waals surface area contributed by atoms with Gasteiger partial charge in [-0.2, -0.15) is 5.10 Å². The molecule has 0 fully saturated rings. The summed E-state index contributed by atoms with van der Waals surface area (Å²) < 4.78 is 0. The molecule has 2 rings (SSSR count). The third kappa shape index (κ3) is 1.61. The number of anilines is 1. The van der Waals surface area contributed by atoms with Crippen LogP contribution in [-0.4, -0.2) is 15.2 Å². The van der Waals surface area contributed by atoms with Gasteiger partial charge in [-0.05, 0) is 18.2 Å². The summed E-state index contributed by atoms with van der Waals surface area (Å²) >= 11 is 0. The fourth-order valence-corrected chi connectivity index (χ4v) is 1.02. The van der Waals surface area contributed by atoms with Crippen LogP contribution in [0.25, 0.3) is 11.4 Å². The van der Waals surface area contributed by atoms with Gasteiger partial charge in [0.15, 0.2) is 0 Å². The Labute approximate surface area is 75.5 Å². The Hall–Kier alpha value is -1.97. The van der Waals surface area contributed by atoms with Gasteiger partial charge in [0.05, 0.1) is 17.6 Å². The second-order valence-electron chi connectivity index (χ2n) is 2.59. The van der Waals surface area contributed by atoms with Gasteiger partial charge >= 0.3 is 0 Å². The Morgan fingerprint density at radius 1 is 1.15 bits per heavy atom. The highest BCUT2D eigenvalue weighted by Crippen LogP contribution is 2.13. The zero-order valence-corrected chi connectivity index (χ0v) is 6.88. The molecule has 2 aromatic rings. The minimum Gasteiger partial charge on any atom is -0.397 e. The number of nitrogens with zero attached hydrogens (tertiary/aromatic N) is 3. The molecule has 0 aliphatic carbocycles. The summed E-state index contributed by atoms with van der Waals surface area (Å²) in [6, 6.07) is 7.36. The van der Waals surface area contributed by atoms with Crippen LogP contribution in [0, 0.1) is 0 Å². The van der Waals surface area contributed by atoms with Crippen LogP contribution in [0.4, 0.5) is 5.69 Å². The van der Waals surface area contributed by atoms with Gasteiger partial charge in [0.1, 0.15) is 5.69 Å². The average molecular weight is 172 g/mol. The largest absolute Gasteiger partial charge is 0.397 e. The molecule has 0 saturated heterocycles. The lowest BCUT2D eigenvalue weighted by Crippen LogP contribution is -1.93. The average Bonchev–Trinajstić information content (AvgIpc) is 2.19. The molecule has 13 heavy (non-hydrogen) atoms. The SMILES string of the molecule is Nc1cnnc(-c2ccccn2)c1. The van der Waals surface area contributed by atoms with E-state index in [0.717, 1.165) is 5.69 Å². The topological polar surface area (TPSA) is 64.7 Å². The van der Waals surface area contributed by atoms with E-state index in [1.807, 2.05) is 18.2 Å². The first-order valence-electron chi connectivity index (χ1n) is 3.86. The Kier molecular flexibility index (Phi) is 1.88. The fraction of sp³-hybridized carbons (Fsp3) is 0. The van der Waals surface area contributed by atoms with Crippen molar-refractivity contribution < 1.29 is 0 Å². The smallest absolute Gasteiger partial charge is 0.113 e. The molecule has 0 spiro atoms. The molecule has 2 N–H and O–H groups in total. The van der Waals surface area contributed by atoms with Crippen molar-refractivity contribution in [3.8, 4) is 11.4 Å². The van der Waals surface area contributed by atoms with Gasteiger partial charge in [-0.3, -0.25) is 4.98 Å². The second kappa shape index (κ2) is 3.18. The molecule has 0 atom stereocenters. The van der Waals surface area contributed by atoms with E-state index < -0.39 is 0 Å². The van der Waals surface area contributed by atoms with Crippen molar-refractivity contribution in [2.45, 2.75) is 0 Å². The van der Waals surface area contributed by atoms with Crippen molar-refractivity contribution in [1.82, 2.24) is 15.2 Å². The van der Waals surface area contributed by atoms with E-state index in [0.29, 0.717) is 11.4 Å². The van der Waals surface area contributed by atoms with Crippen molar-refractivity contribution in [2.75, 3.05) is 5.73 Å². The van der Waals surface area contributed by atoms with Crippen molar-refractivity contribution >= 4 is 5.69 Å². The standard InChI is InChI=1S/C9H8N4/c10-7-5-9(13-12-6-7)8-3-1-2-4-11-8/h1-6H,(H2,10,13). The van der Waals surface area contributed by atoms with E-state index in [1.54, 1.807) is 12.3 Å². The highest BCUT2D eigenvalue weighted by atomic mass is 15.1. The Morgan fingerprint density at radius 3 is 2.77 bits per heavy atom. The van der Waals surface area contributed by atoms with Crippen LogP contribution in [0.2, 0.25) is 0 Å². The molecule has 2 heterocycles. The number of aromatic nitrogens is 3. The van der Waals surface area contributed by atoms with Gasteiger partial charge in [0, 0.05) is 6.20 Å². The Bertz CT molecular complexity index is 399. The van der Waals surface area contributed by atoms with Crippen LogP contribution < -0.4 is 5.73 Å². The van der Waals surface area contributed by atoms with Crippen LogP contribution in [0.1, 0.15) is 0 Å². The third-order valence-corrected chi connectivity index (χ3v) is 1.60. The molecule has 4 heteroatoms. The molecule has 0 amide bonds. The van der Waals surface area contributed by atoms with Gasteiger partial charge in [0.25, 0.3) is 0 Å². The lowest BCUT2D eigenvalue weighted by atomic mass is 10.2. The summed E-state index contributed by atoms with van der Waals surface area (Å²) in [5, 5.41) is 7.66. The molecular formula is C9H8N4. The zero-order chi connectivity index (χ0) is 9.10. The molecular weight excluding hydrogens is 164 g/mol. The summed E-state index contributed by atoms with van der Waals surface area (Å²) in [6.45, 7) is 0.